The maximum absolute atomic E-state index is 12.4. The largest absolute Gasteiger partial charge is 0.396 e. The molecule has 3 nitrogen and oxygen atoms in total. The van der Waals surface area contributed by atoms with E-state index in [-0.39, 0.29) is 18.6 Å². The van der Waals surface area contributed by atoms with E-state index in [1.165, 1.54) is 5.56 Å². The maximum Gasteiger partial charge on any atom is 0.254 e. The molecule has 0 aliphatic heterocycles. The van der Waals surface area contributed by atoms with Crippen molar-refractivity contribution in [3.8, 4) is 0 Å². The van der Waals surface area contributed by atoms with Gasteiger partial charge in [-0.2, -0.15) is 0 Å². The van der Waals surface area contributed by atoms with Crippen molar-refractivity contribution in [2.45, 2.75) is 46.1 Å². The molecule has 1 aromatic carbocycles. The standard InChI is InChI=1S/C16H25NO2/c1-12(2)14-6-8-15(9-7-14)16(19)17(13(3)4)10-5-11-18/h6-9,12-13,18H,5,10-11H2,1-4H3. The number of benzene rings is 1. The van der Waals surface area contributed by atoms with Crippen LogP contribution in [0.4, 0.5) is 0 Å². The fraction of sp³-hybridized carbons (Fsp3) is 0.562. The van der Waals surface area contributed by atoms with Gasteiger partial charge in [-0.3, -0.25) is 4.79 Å². The smallest absolute Gasteiger partial charge is 0.254 e. The van der Waals surface area contributed by atoms with Crippen molar-refractivity contribution < 1.29 is 9.90 Å². The number of rotatable bonds is 6. The van der Waals surface area contributed by atoms with Gasteiger partial charge in [-0.15, -0.1) is 0 Å². The van der Waals surface area contributed by atoms with Crippen LogP contribution >= 0.6 is 0 Å². The Morgan fingerprint density at radius 2 is 1.74 bits per heavy atom. The van der Waals surface area contributed by atoms with E-state index in [4.69, 9.17) is 5.11 Å². The average Bonchev–Trinajstić information content (AvgIpc) is 2.38. The molecule has 106 valence electrons. The number of hydrogen-bond donors (Lipinski definition) is 1. The van der Waals surface area contributed by atoms with Crippen LogP contribution in [0.2, 0.25) is 0 Å². The van der Waals surface area contributed by atoms with Gasteiger partial charge < -0.3 is 10.0 Å². The van der Waals surface area contributed by atoms with Gasteiger partial charge >= 0.3 is 0 Å². The summed E-state index contributed by atoms with van der Waals surface area (Å²) in [5.41, 5.74) is 1.96. The quantitative estimate of drug-likeness (QED) is 0.857. The Bertz CT molecular complexity index is 396. The molecule has 0 spiro atoms. The summed E-state index contributed by atoms with van der Waals surface area (Å²) in [7, 11) is 0. The minimum Gasteiger partial charge on any atom is -0.396 e. The summed E-state index contributed by atoms with van der Waals surface area (Å²) in [4.78, 5) is 14.2. The van der Waals surface area contributed by atoms with Gasteiger partial charge in [0.25, 0.3) is 5.91 Å². The summed E-state index contributed by atoms with van der Waals surface area (Å²) >= 11 is 0. The number of hydrogen-bond acceptors (Lipinski definition) is 2. The lowest BCUT2D eigenvalue weighted by Gasteiger charge is -2.26. The highest BCUT2D eigenvalue weighted by molar-refractivity contribution is 5.94. The van der Waals surface area contributed by atoms with Crippen molar-refractivity contribution in [3.63, 3.8) is 0 Å². The van der Waals surface area contributed by atoms with Crippen LogP contribution in [0.15, 0.2) is 24.3 Å². The molecule has 0 saturated carbocycles. The van der Waals surface area contributed by atoms with E-state index >= 15 is 0 Å². The molecule has 0 heterocycles. The number of aliphatic hydroxyl groups is 1. The van der Waals surface area contributed by atoms with Crippen molar-refractivity contribution in [2.75, 3.05) is 13.2 Å². The highest BCUT2D eigenvalue weighted by Gasteiger charge is 2.18. The summed E-state index contributed by atoms with van der Waals surface area (Å²) in [6.07, 6.45) is 0.619. The monoisotopic (exact) mass is 263 g/mol. The molecule has 0 aliphatic carbocycles. The van der Waals surface area contributed by atoms with Gasteiger partial charge in [0, 0.05) is 24.8 Å². The Hall–Kier alpha value is -1.35. The lowest BCUT2D eigenvalue weighted by atomic mass is 10.0. The lowest BCUT2D eigenvalue weighted by Crippen LogP contribution is -2.38. The normalized spacial score (nSPS) is 11.1. The Labute approximate surface area is 116 Å². The van der Waals surface area contributed by atoms with Gasteiger partial charge in [-0.05, 0) is 43.9 Å². The Morgan fingerprint density at radius 3 is 2.16 bits per heavy atom. The zero-order chi connectivity index (χ0) is 14.4. The van der Waals surface area contributed by atoms with Crippen LogP contribution in [0.5, 0.6) is 0 Å². The predicted molar refractivity (Wildman–Crippen MR) is 78.4 cm³/mol. The third-order valence-corrected chi connectivity index (χ3v) is 3.27. The van der Waals surface area contributed by atoms with Gasteiger partial charge in [-0.1, -0.05) is 26.0 Å². The number of nitrogens with zero attached hydrogens (tertiary/aromatic N) is 1. The van der Waals surface area contributed by atoms with Crippen LogP contribution in [-0.4, -0.2) is 35.1 Å². The summed E-state index contributed by atoms with van der Waals surface area (Å²) in [6.45, 7) is 8.98. The SMILES string of the molecule is CC(C)c1ccc(C(=O)N(CCCO)C(C)C)cc1. The van der Waals surface area contributed by atoms with Crippen molar-refractivity contribution >= 4 is 5.91 Å². The molecule has 0 atom stereocenters. The minimum absolute atomic E-state index is 0.0405. The predicted octanol–water partition coefficient (Wildman–Crippen LogP) is 3.04. The van der Waals surface area contributed by atoms with Gasteiger partial charge in [0.15, 0.2) is 0 Å². The van der Waals surface area contributed by atoms with Crippen LogP contribution in [0.3, 0.4) is 0 Å². The van der Waals surface area contributed by atoms with Crippen LogP contribution < -0.4 is 0 Å². The van der Waals surface area contributed by atoms with E-state index in [2.05, 4.69) is 13.8 Å². The average molecular weight is 263 g/mol. The highest BCUT2D eigenvalue weighted by Crippen LogP contribution is 2.16. The van der Waals surface area contributed by atoms with Gasteiger partial charge in [0.05, 0.1) is 0 Å². The zero-order valence-corrected chi connectivity index (χ0v) is 12.4. The summed E-state index contributed by atoms with van der Waals surface area (Å²) in [5, 5.41) is 8.91. The lowest BCUT2D eigenvalue weighted by molar-refractivity contribution is 0.0693. The second-order valence-corrected chi connectivity index (χ2v) is 5.45. The first-order valence-corrected chi connectivity index (χ1v) is 6.99. The van der Waals surface area contributed by atoms with E-state index in [0.717, 1.165) is 5.56 Å². The zero-order valence-electron chi connectivity index (χ0n) is 12.4. The number of aliphatic hydroxyl groups excluding tert-OH is 1. The second-order valence-electron chi connectivity index (χ2n) is 5.45. The number of amides is 1. The topological polar surface area (TPSA) is 40.5 Å². The molecular weight excluding hydrogens is 238 g/mol. The van der Waals surface area contributed by atoms with Crippen LogP contribution in [0.1, 0.15) is 56.0 Å². The molecule has 1 aromatic rings. The molecule has 0 saturated heterocycles. The van der Waals surface area contributed by atoms with Crippen molar-refractivity contribution in [1.82, 2.24) is 4.90 Å². The van der Waals surface area contributed by atoms with Gasteiger partial charge in [0.2, 0.25) is 0 Å². The van der Waals surface area contributed by atoms with E-state index < -0.39 is 0 Å². The van der Waals surface area contributed by atoms with Gasteiger partial charge in [-0.25, -0.2) is 0 Å². The molecule has 0 aliphatic rings. The van der Waals surface area contributed by atoms with Crippen LogP contribution in [-0.2, 0) is 0 Å². The van der Waals surface area contributed by atoms with Crippen molar-refractivity contribution in [1.29, 1.82) is 0 Å². The highest BCUT2D eigenvalue weighted by atomic mass is 16.3. The third kappa shape index (κ3) is 4.35. The first kappa shape index (κ1) is 15.7. The van der Waals surface area contributed by atoms with E-state index in [1.807, 2.05) is 38.1 Å². The van der Waals surface area contributed by atoms with E-state index in [0.29, 0.717) is 18.9 Å². The third-order valence-electron chi connectivity index (χ3n) is 3.27. The minimum atomic E-state index is 0.0405. The second kappa shape index (κ2) is 7.29. The Kier molecular flexibility index (Phi) is 6.03. The van der Waals surface area contributed by atoms with Crippen molar-refractivity contribution in [2.24, 2.45) is 0 Å². The summed E-state index contributed by atoms with van der Waals surface area (Å²) in [5.74, 6) is 0.512. The van der Waals surface area contributed by atoms with Crippen molar-refractivity contribution in [3.05, 3.63) is 35.4 Å². The molecule has 0 radical (unpaired) electrons. The molecule has 19 heavy (non-hydrogen) atoms. The molecular formula is C16H25NO2. The molecule has 1 amide bonds. The summed E-state index contributed by atoms with van der Waals surface area (Å²) in [6, 6.07) is 7.96. The molecule has 0 bridgehead atoms. The first-order valence-electron chi connectivity index (χ1n) is 6.99. The molecule has 1 rings (SSSR count). The maximum atomic E-state index is 12.4. The summed E-state index contributed by atoms with van der Waals surface area (Å²) < 4.78 is 0. The van der Waals surface area contributed by atoms with Gasteiger partial charge in [0.1, 0.15) is 0 Å². The number of carbonyl (C=O) groups is 1. The molecule has 1 N–H and O–H groups in total. The van der Waals surface area contributed by atoms with E-state index in [9.17, 15) is 4.79 Å². The van der Waals surface area contributed by atoms with E-state index in [1.54, 1.807) is 4.90 Å². The molecule has 0 aromatic heterocycles. The molecule has 0 unspecified atom stereocenters. The first-order chi connectivity index (χ1) is 8.97. The molecule has 3 heteroatoms. The van der Waals surface area contributed by atoms with Crippen LogP contribution in [0, 0.1) is 0 Å². The fourth-order valence-corrected chi connectivity index (χ4v) is 2.01. The fourth-order valence-electron chi connectivity index (χ4n) is 2.01. The molecule has 0 fully saturated rings. The number of carbonyl (C=O) groups excluding carboxylic acids is 1. The Morgan fingerprint density at radius 1 is 1.16 bits per heavy atom. The Balaban J connectivity index is 2.84. The van der Waals surface area contributed by atoms with Crippen LogP contribution in [0.25, 0.3) is 0 Å².